The van der Waals surface area contributed by atoms with Crippen molar-refractivity contribution in [2.45, 2.75) is 20.8 Å². The summed E-state index contributed by atoms with van der Waals surface area (Å²) in [7, 11) is 0. The number of hydrogen-bond donors (Lipinski definition) is 1. The molecule has 0 saturated heterocycles. The number of carbonyl (C=O) groups excluding carboxylic acids is 1. The van der Waals surface area contributed by atoms with Crippen LogP contribution in [-0.4, -0.2) is 22.0 Å². The van der Waals surface area contributed by atoms with E-state index < -0.39 is 0 Å². The Bertz CT molecular complexity index is 803. The van der Waals surface area contributed by atoms with Gasteiger partial charge in [0, 0.05) is 30.0 Å². The lowest BCUT2D eigenvalue weighted by Crippen LogP contribution is -2.22. The molecule has 0 atom stereocenters. The first-order valence-electron chi connectivity index (χ1n) is 6.94. The van der Waals surface area contributed by atoms with E-state index in [1.165, 1.54) is 11.3 Å². The number of rotatable bonds is 3. The lowest BCUT2D eigenvalue weighted by Gasteiger charge is -2.07. The van der Waals surface area contributed by atoms with Gasteiger partial charge in [-0.1, -0.05) is 0 Å². The van der Waals surface area contributed by atoms with Gasteiger partial charge < -0.3 is 9.88 Å². The molecule has 5 heteroatoms. The van der Waals surface area contributed by atoms with Gasteiger partial charge in [-0.05, 0) is 44.5 Å². The first-order valence-corrected chi connectivity index (χ1v) is 7.75. The summed E-state index contributed by atoms with van der Waals surface area (Å²) in [5.74, 6) is -0.0405. The van der Waals surface area contributed by atoms with Crippen LogP contribution in [0.1, 0.15) is 27.9 Å². The molecule has 1 N–H and O–H groups in total. The molecular weight excluding hydrogens is 282 g/mol. The van der Waals surface area contributed by atoms with Crippen molar-refractivity contribution >= 4 is 27.5 Å². The quantitative estimate of drug-likeness (QED) is 0.805. The molecule has 108 valence electrons. The fraction of sp³-hybridized carbons (Fsp3) is 0.250. The third-order valence-corrected chi connectivity index (χ3v) is 4.44. The average molecular weight is 299 g/mol. The number of pyridine rings is 1. The molecule has 21 heavy (non-hydrogen) atoms. The Labute approximate surface area is 127 Å². The molecule has 3 aromatic rings. The molecule has 4 nitrogen and oxygen atoms in total. The minimum atomic E-state index is -0.0405. The van der Waals surface area contributed by atoms with Gasteiger partial charge in [-0.3, -0.25) is 4.79 Å². The number of fused-ring (bicyclic) bond motifs is 1. The molecule has 0 aliphatic carbocycles. The number of carbonyl (C=O) groups is 1. The van der Waals surface area contributed by atoms with E-state index in [9.17, 15) is 4.79 Å². The second kappa shape index (κ2) is 5.33. The fourth-order valence-electron chi connectivity index (χ4n) is 2.55. The normalized spacial score (nSPS) is 11.0. The zero-order valence-electron chi connectivity index (χ0n) is 12.3. The van der Waals surface area contributed by atoms with Crippen molar-refractivity contribution in [1.82, 2.24) is 14.9 Å². The monoisotopic (exact) mass is 299 g/mol. The number of nitrogens with zero attached hydrogens (tertiary/aromatic N) is 2. The Morgan fingerprint density at radius 1 is 1.33 bits per heavy atom. The summed E-state index contributed by atoms with van der Waals surface area (Å²) >= 11 is 1.45. The Morgan fingerprint density at radius 3 is 2.71 bits per heavy atom. The molecule has 0 fully saturated rings. The maximum absolute atomic E-state index is 12.4. The Morgan fingerprint density at radius 2 is 2.05 bits per heavy atom. The molecule has 3 rings (SSSR count). The van der Waals surface area contributed by atoms with Gasteiger partial charge in [0.1, 0.15) is 9.71 Å². The highest BCUT2D eigenvalue weighted by Gasteiger charge is 2.21. The molecule has 0 spiro atoms. The maximum atomic E-state index is 12.4. The SMILES string of the molecule is CCNC(=O)c1sc2nc(C)cc(C)c2c1-n1cccc1. The predicted octanol–water partition coefficient (Wildman–Crippen LogP) is 3.45. The van der Waals surface area contributed by atoms with E-state index in [4.69, 9.17) is 0 Å². The summed E-state index contributed by atoms with van der Waals surface area (Å²) in [6.07, 6.45) is 3.92. The van der Waals surface area contributed by atoms with Gasteiger partial charge in [-0.25, -0.2) is 4.98 Å². The van der Waals surface area contributed by atoms with E-state index in [0.29, 0.717) is 11.4 Å². The average Bonchev–Trinajstić information content (AvgIpc) is 3.04. The summed E-state index contributed by atoms with van der Waals surface area (Å²) in [6, 6.07) is 5.98. The van der Waals surface area contributed by atoms with E-state index in [-0.39, 0.29) is 5.91 Å². The molecule has 0 unspecified atom stereocenters. The van der Waals surface area contributed by atoms with E-state index in [2.05, 4.69) is 23.3 Å². The molecule has 0 bridgehead atoms. The third kappa shape index (κ3) is 2.34. The molecule has 3 aromatic heterocycles. The molecule has 0 aromatic carbocycles. The molecule has 0 aliphatic heterocycles. The Hall–Kier alpha value is -2.14. The molecule has 1 amide bonds. The summed E-state index contributed by atoms with van der Waals surface area (Å²) in [5, 5.41) is 3.95. The van der Waals surface area contributed by atoms with Gasteiger partial charge in [0.2, 0.25) is 0 Å². The van der Waals surface area contributed by atoms with Crippen LogP contribution in [-0.2, 0) is 0 Å². The van der Waals surface area contributed by atoms with Crippen molar-refractivity contribution in [2.24, 2.45) is 0 Å². The van der Waals surface area contributed by atoms with Gasteiger partial charge in [-0.2, -0.15) is 0 Å². The minimum Gasteiger partial charge on any atom is -0.352 e. The van der Waals surface area contributed by atoms with Crippen LogP contribution in [0.4, 0.5) is 0 Å². The highest BCUT2D eigenvalue weighted by Crippen LogP contribution is 2.35. The lowest BCUT2D eigenvalue weighted by atomic mass is 10.1. The molecule has 0 aliphatic rings. The Balaban J connectivity index is 2.34. The molecular formula is C16H17N3OS. The van der Waals surface area contributed by atoms with Crippen LogP contribution in [0, 0.1) is 13.8 Å². The molecule has 3 heterocycles. The molecule has 0 saturated carbocycles. The van der Waals surface area contributed by atoms with Crippen LogP contribution < -0.4 is 5.32 Å². The van der Waals surface area contributed by atoms with E-state index in [0.717, 1.165) is 27.2 Å². The number of thiophene rings is 1. The zero-order chi connectivity index (χ0) is 15.0. The van der Waals surface area contributed by atoms with Crippen molar-refractivity contribution in [3.8, 4) is 5.69 Å². The topological polar surface area (TPSA) is 46.9 Å². The number of aryl methyl sites for hydroxylation is 2. The van der Waals surface area contributed by atoms with Crippen molar-refractivity contribution in [2.75, 3.05) is 6.54 Å². The fourth-order valence-corrected chi connectivity index (χ4v) is 3.76. The Kier molecular flexibility index (Phi) is 3.51. The first kappa shape index (κ1) is 13.8. The van der Waals surface area contributed by atoms with Crippen molar-refractivity contribution in [3.05, 3.63) is 46.7 Å². The van der Waals surface area contributed by atoms with Crippen molar-refractivity contribution in [3.63, 3.8) is 0 Å². The maximum Gasteiger partial charge on any atom is 0.263 e. The first-order chi connectivity index (χ1) is 10.1. The summed E-state index contributed by atoms with van der Waals surface area (Å²) < 4.78 is 1.99. The second-order valence-electron chi connectivity index (χ2n) is 4.99. The van der Waals surface area contributed by atoms with Gasteiger partial charge in [0.15, 0.2) is 0 Å². The van der Waals surface area contributed by atoms with Gasteiger partial charge in [0.05, 0.1) is 5.69 Å². The summed E-state index contributed by atoms with van der Waals surface area (Å²) in [6.45, 7) is 6.59. The van der Waals surface area contributed by atoms with Crippen molar-refractivity contribution in [1.29, 1.82) is 0 Å². The standard InChI is InChI=1S/C16H17N3OS/c1-4-17-15(20)14-13(19-7-5-6-8-19)12-10(2)9-11(3)18-16(12)21-14/h5-9H,4H2,1-3H3,(H,17,20). The number of aromatic nitrogens is 2. The van der Waals surface area contributed by atoms with Gasteiger partial charge >= 0.3 is 0 Å². The van der Waals surface area contributed by atoms with Crippen LogP contribution in [0.15, 0.2) is 30.6 Å². The van der Waals surface area contributed by atoms with Gasteiger partial charge in [0.25, 0.3) is 5.91 Å². The largest absolute Gasteiger partial charge is 0.352 e. The lowest BCUT2D eigenvalue weighted by molar-refractivity contribution is 0.0960. The van der Waals surface area contributed by atoms with E-state index in [1.54, 1.807) is 0 Å². The summed E-state index contributed by atoms with van der Waals surface area (Å²) in [4.78, 5) is 18.6. The summed E-state index contributed by atoms with van der Waals surface area (Å²) in [5.41, 5.74) is 3.05. The predicted molar refractivity (Wildman–Crippen MR) is 86.4 cm³/mol. The number of amides is 1. The number of hydrogen-bond acceptors (Lipinski definition) is 3. The zero-order valence-corrected chi connectivity index (χ0v) is 13.1. The van der Waals surface area contributed by atoms with Crippen LogP contribution >= 0.6 is 11.3 Å². The number of nitrogens with one attached hydrogen (secondary N) is 1. The van der Waals surface area contributed by atoms with Crippen LogP contribution in [0.25, 0.3) is 15.9 Å². The second-order valence-corrected chi connectivity index (χ2v) is 5.99. The highest BCUT2D eigenvalue weighted by atomic mass is 32.1. The van der Waals surface area contributed by atoms with Crippen LogP contribution in [0.5, 0.6) is 0 Å². The van der Waals surface area contributed by atoms with Crippen LogP contribution in [0.3, 0.4) is 0 Å². The van der Waals surface area contributed by atoms with E-state index >= 15 is 0 Å². The third-order valence-electron chi connectivity index (χ3n) is 3.37. The van der Waals surface area contributed by atoms with E-state index in [1.807, 2.05) is 42.9 Å². The smallest absolute Gasteiger partial charge is 0.263 e. The van der Waals surface area contributed by atoms with Crippen molar-refractivity contribution < 1.29 is 4.79 Å². The highest BCUT2D eigenvalue weighted by molar-refractivity contribution is 7.21. The van der Waals surface area contributed by atoms with Crippen LogP contribution in [0.2, 0.25) is 0 Å². The molecule has 0 radical (unpaired) electrons. The van der Waals surface area contributed by atoms with Gasteiger partial charge in [-0.15, -0.1) is 11.3 Å². The minimum absolute atomic E-state index is 0.0405.